The molecule has 0 bridgehead atoms. The van der Waals surface area contributed by atoms with Gasteiger partial charge in [0.05, 0.1) is 0 Å². The van der Waals surface area contributed by atoms with Crippen LogP contribution in [0.25, 0.3) is 0 Å². The molecule has 0 aromatic heterocycles. The Kier molecular flexibility index (Phi) is 3.23. The molecule has 13 heavy (non-hydrogen) atoms. The van der Waals surface area contributed by atoms with E-state index in [1.165, 1.54) is 45.3 Å². The zero-order valence-electron chi connectivity index (χ0n) is 8.68. The molecular formula is C11H22N2. The average molecular weight is 182 g/mol. The van der Waals surface area contributed by atoms with Crippen LogP contribution in [-0.2, 0) is 0 Å². The highest BCUT2D eigenvalue weighted by Gasteiger charge is 2.32. The van der Waals surface area contributed by atoms with Crippen LogP contribution in [0.3, 0.4) is 0 Å². The first-order valence-corrected chi connectivity index (χ1v) is 5.80. The van der Waals surface area contributed by atoms with Crippen LogP contribution in [0, 0.1) is 11.8 Å². The predicted octanol–water partition coefficient (Wildman–Crippen LogP) is 1.37. The van der Waals surface area contributed by atoms with Crippen molar-refractivity contribution < 1.29 is 0 Å². The molecule has 1 aliphatic heterocycles. The van der Waals surface area contributed by atoms with Crippen LogP contribution in [0.15, 0.2) is 0 Å². The maximum atomic E-state index is 3.71. The zero-order chi connectivity index (χ0) is 9.10. The minimum Gasteiger partial charge on any atom is -0.317 e. The number of hydrogen-bond acceptors (Lipinski definition) is 2. The average Bonchev–Trinajstić information content (AvgIpc) is 2.85. The molecule has 0 aromatic rings. The lowest BCUT2D eigenvalue weighted by atomic mass is 10.1. The summed E-state index contributed by atoms with van der Waals surface area (Å²) in [5, 5.41) is 7.16. The smallest absolute Gasteiger partial charge is 0.00797 e. The Morgan fingerprint density at radius 3 is 2.92 bits per heavy atom. The van der Waals surface area contributed by atoms with Gasteiger partial charge in [-0.2, -0.15) is 0 Å². The normalized spacial score (nSPS) is 39.9. The molecule has 0 amide bonds. The first kappa shape index (κ1) is 9.47. The molecule has 1 heterocycles. The molecule has 3 unspecified atom stereocenters. The van der Waals surface area contributed by atoms with E-state index in [1.54, 1.807) is 0 Å². The molecule has 2 heteroatoms. The standard InChI is InChI=1S/C11H22N2/c1-9-7-10(9)8-13-11-3-2-5-12-6-4-11/h9-13H,2-8H2,1H3. The summed E-state index contributed by atoms with van der Waals surface area (Å²) in [4.78, 5) is 0. The molecule has 2 N–H and O–H groups in total. The Balaban J connectivity index is 1.62. The summed E-state index contributed by atoms with van der Waals surface area (Å²) in [5.41, 5.74) is 0. The van der Waals surface area contributed by atoms with E-state index in [9.17, 15) is 0 Å². The maximum absolute atomic E-state index is 3.71. The summed E-state index contributed by atoms with van der Waals surface area (Å²) in [6.07, 6.45) is 5.49. The van der Waals surface area contributed by atoms with Crippen molar-refractivity contribution in [1.29, 1.82) is 0 Å². The van der Waals surface area contributed by atoms with Crippen LogP contribution in [-0.4, -0.2) is 25.7 Å². The molecule has 0 spiro atoms. The van der Waals surface area contributed by atoms with E-state index in [-0.39, 0.29) is 0 Å². The fourth-order valence-electron chi connectivity index (χ4n) is 2.22. The van der Waals surface area contributed by atoms with Crippen LogP contribution >= 0.6 is 0 Å². The van der Waals surface area contributed by atoms with E-state index in [0.717, 1.165) is 17.9 Å². The molecule has 76 valence electrons. The van der Waals surface area contributed by atoms with Gasteiger partial charge in [-0.3, -0.25) is 0 Å². The molecule has 1 aliphatic carbocycles. The largest absolute Gasteiger partial charge is 0.317 e. The van der Waals surface area contributed by atoms with Gasteiger partial charge >= 0.3 is 0 Å². The molecule has 2 aliphatic rings. The van der Waals surface area contributed by atoms with Crippen molar-refractivity contribution in [2.24, 2.45) is 11.8 Å². The topological polar surface area (TPSA) is 24.1 Å². The summed E-state index contributed by atoms with van der Waals surface area (Å²) in [5.74, 6) is 1.99. The van der Waals surface area contributed by atoms with E-state index in [0.29, 0.717) is 0 Å². The van der Waals surface area contributed by atoms with Crippen LogP contribution in [0.4, 0.5) is 0 Å². The second kappa shape index (κ2) is 4.43. The van der Waals surface area contributed by atoms with Gasteiger partial charge in [0.2, 0.25) is 0 Å². The van der Waals surface area contributed by atoms with Crippen molar-refractivity contribution in [1.82, 2.24) is 10.6 Å². The molecule has 2 nitrogen and oxygen atoms in total. The molecule has 0 radical (unpaired) electrons. The first-order chi connectivity index (χ1) is 6.36. The molecule has 1 saturated heterocycles. The van der Waals surface area contributed by atoms with Gasteiger partial charge in [0.1, 0.15) is 0 Å². The lowest BCUT2D eigenvalue weighted by Crippen LogP contribution is -2.31. The highest BCUT2D eigenvalue weighted by molar-refractivity contribution is 4.85. The Labute approximate surface area is 81.5 Å². The summed E-state index contributed by atoms with van der Waals surface area (Å²) in [6.45, 7) is 6.06. The number of hydrogen-bond donors (Lipinski definition) is 2. The molecule has 2 rings (SSSR count). The third-order valence-electron chi connectivity index (χ3n) is 3.52. The molecule has 0 aromatic carbocycles. The second-order valence-corrected chi connectivity index (χ2v) is 4.76. The van der Waals surface area contributed by atoms with Crippen molar-refractivity contribution in [3.63, 3.8) is 0 Å². The number of rotatable bonds is 3. The van der Waals surface area contributed by atoms with E-state index in [2.05, 4.69) is 17.6 Å². The summed E-state index contributed by atoms with van der Waals surface area (Å²) >= 11 is 0. The van der Waals surface area contributed by atoms with E-state index in [1.807, 2.05) is 0 Å². The van der Waals surface area contributed by atoms with Crippen molar-refractivity contribution in [2.45, 2.75) is 38.6 Å². The van der Waals surface area contributed by atoms with Crippen LogP contribution in [0.1, 0.15) is 32.6 Å². The van der Waals surface area contributed by atoms with Crippen molar-refractivity contribution in [2.75, 3.05) is 19.6 Å². The highest BCUT2D eigenvalue weighted by Crippen LogP contribution is 2.36. The van der Waals surface area contributed by atoms with Crippen LogP contribution in [0.2, 0.25) is 0 Å². The minimum atomic E-state index is 0.794. The third kappa shape index (κ3) is 2.96. The van der Waals surface area contributed by atoms with Gasteiger partial charge in [0.25, 0.3) is 0 Å². The highest BCUT2D eigenvalue weighted by atomic mass is 14.9. The van der Waals surface area contributed by atoms with E-state index >= 15 is 0 Å². The van der Waals surface area contributed by atoms with E-state index < -0.39 is 0 Å². The lowest BCUT2D eigenvalue weighted by Gasteiger charge is -2.15. The van der Waals surface area contributed by atoms with Gasteiger partial charge in [0.15, 0.2) is 0 Å². The van der Waals surface area contributed by atoms with Crippen LogP contribution < -0.4 is 10.6 Å². The fourth-order valence-corrected chi connectivity index (χ4v) is 2.22. The molecule has 3 atom stereocenters. The molecule has 2 fully saturated rings. The monoisotopic (exact) mass is 182 g/mol. The molecular weight excluding hydrogens is 160 g/mol. The first-order valence-electron chi connectivity index (χ1n) is 5.80. The second-order valence-electron chi connectivity index (χ2n) is 4.76. The van der Waals surface area contributed by atoms with Gasteiger partial charge in [-0.1, -0.05) is 6.92 Å². The number of nitrogens with one attached hydrogen (secondary N) is 2. The van der Waals surface area contributed by atoms with Crippen molar-refractivity contribution in [3.05, 3.63) is 0 Å². The van der Waals surface area contributed by atoms with Gasteiger partial charge in [-0.25, -0.2) is 0 Å². The van der Waals surface area contributed by atoms with Crippen molar-refractivity contribution >= 4 is 0 Å². The van der Waals surface area contributed by atoms with Gasteiger partial charge in [-0.15, -0.1) is 0 Å². The predicted molar refractivity (Wildman–Crippen MR) is 55.8 cm³/mol. The minimum absolute atomic E-state index is 0.794. The lowest BCUT2D eigenvalue weighted by molar-refractivity contribution is 0.453. The van der Waals surface area contributed by atoms with Gasteiger partial charge in [0, 0.05) is 6.04 Å². The SMILES string of the molecule is CC1CC1CNC1CCCNCC1. The third-order valence-corrected chi connectivity index (χ3v) is 3.52. The fraction of sp³-hybridized carbons (Fsp3) is 1.00. The van der Waals surface area contributed by atoms with Crippen molar-refractivity contribution in [3.8, 4) is 0 Å². The Hall–Kier alpha value is -0.0800. The summed E-state index contributed by atoms with van der Waals surface area (Å²) in [6, 6.07) is 0.794. The summed E-state index contributed by atoms with van der Waals surface area (Å²) < 4.78 is 0. The van der Waals surface area contributed by atoms with Gasteiger partial charge < -0.3 is 10.6 Å². The summed E-state index contributed by atoms with van der Waals surface area (Å²) in [7, 11) is 0. The maximum Gasteiger partial charge on any atom is 0.00797 e. The zero-order valence-corrected chi connectivity index (χ0v) is 8.68. The van der Waals surface area contributed by atoms with Gasteiger partial charge in [-0.05, 0) is 57.2 Å². The molecule has 1 saturated carbocycles. The Bertz CT molecular complexity index is 150. The Morgan fingerprint density at radius 2 is 2.15 bits per heavy atom. The quantitative estimate of drug-likeness (QED) is 0.689. The Morgan fingerprint density at radius 1 is 1.31 bits per heavy atom. The van der Waals surface area contributed by atoms with Crippen LogP contribution in [0.5, 0.6) is 0 Å². The van der Waals surface area contributed by atoms with E-state index in [4.69, 9.17) is 0 Å².